The van der Waals surface area contributed by atoms with Crippen LogP contribution >= 0.6 is 0 Å². The van der Waals surface area contributed by atoms with E-state index in [1.54, 1.807) is 6.08 Å². The van der Waals surface area contributed by atoms with Crippen molar-refractivity contribution in [2.24, 2.45) is 0 Å². The zero-order valence-electron chi connectivity index (χ0n) is 7.63. The van der Waals surface area contributed by atoms with Crippen LogP contribution in [-0.4, -0.2) is 11.7 Å². The summed E-state index contributed by atoms with van der Waals surface area (Å²) in [5, 5.41) is 8.89. The largest absolute Gasteiger partial charge is 0.396 e. The van der Waals surface area contributed by atoms with Crippen molar-refractivity contribution in [3.63, 3.8) is 0 Å². The fraction of sp³-hybridized carbons (Fsp3) is 0.273. The lowest BCUT2D eigenvalue weighted by Gasteiger charge is -2.09. The SMILES string of the molecule is C=Cc1cc(F)cc(C(C)CO)c1. The Morgan fingerprint density at radius 2 is 2.23 bits per heavy atom. The number of aliphatic hydroxyl groups excluding tert-OH is 1. The van der Waals surface area contributed by atoms with Crippen LogP contribution in [0.4, 0.5) is 4.39 Å². The van der Waals surface area contributed by atoms with Crippen LogP contribution in [0.15, 0.2) is 24.8 Å². The summed E-state index contributed by atoms with van der Waals surface area (Å²) in [4.78, 5) is 0. The molecular weight excluding hydrogens is 167 g/mol. The van der Waals surface area contributed by atoms with Crippen LogP contribution in [0, 0.1) is 5.82 Å². The van der Waals surface area contributed by atoms with Crippen molar-refractivity contribution in [2.75, 3.05) is 6.61 Å². The maximum Gasteiger partial charge on any atom is 0.124 e. The molecule has 0 saturated carbocycles. The molecule has 1 aromatic carbocycles. The molecule has 1 aromatic rings. The fourth-order valence-corrected chi connectivity index (χ4v) is 1.14. The first-order valence-electron chi connectivity index (χ1n) is 4.21. The maximum atomic E-state index is 13.0. The molecule has 0 spiro atoms. The van der Waals surface area contributed by atoms with Crippen LogP contribution in [0.1, 0.15) is 24.0 Å². The van der Waals surface area contributed by atoms with Crippen molar-refractivity contribution in [1.82, 2.24) is 0 Å². The highest BCUT2D eigenvalue weighted by Gasteiger charge is 2.05. The van der Waals surface area contributed by atoms with Gasteiger partial charge >= 0.3 is 0 Å². The third-order valence-electron chi connectivity index (χ3n) is 2.02. The second-order valence-corrected chi connectivity index (χ2v) is 3.11. The summed E-state index contributed by atoms with van der Waals surface area (Å²) < 4.78 is 13.0. The summed E-state index contributed by atoms with van der Waals surface area (Å²) in [5.41, 5.74) is 1.55. The van der Waals surface area contributed by atoms with E-state index in [4.69, 9.17) is 5.11 Å². The Labute approximate surface area is 77.5 Å². The average Bonchev–Trinajstić information content (AvgIpc) is 2.15. The maximum absolute atomic E-state index is 13.0. The monoisotopic (exact) mass is 180 g/mol. The van der Waals surface area contributed by atoms with Crippen LogP contribution < -0.4 is 0 Å². The second kappa shape index (κ2) is 4.19. The van der Waals surface area contributed by atoms with Gasteiger partial charge in [0.1, 0.15) is 5.82 Å². The molecule has 0 aliphatic rings. The van der Waals surface area contributed by atoms with Gasteiger partial charge in [0.25, 0.3) is 0 Å². The number of hydrogen-bond acceptors (Lipinski definition) is 1. The molecule has 0 aliphatic heterocycles. The summed E-state index contributed by atoms with van der Waals surface area (Å²) in [6.07, 6.45) is 1.59. The minimum Gasteiger partial charge on any atom is -0.396 e. The molecular formula is C11H13FO. The number of hydrogen-bond donors (Lipinski definition) is 1. The van der Waals surface area contributed by atoms with Crippen molar-refractivity contribution in [3.8, 4) is 0 Å². The number of rotatable bonds is 3. The van der Waals surface area contributed by atoms with E-state index in [2.05, 4.69) is 6.58 Å². The number of halogens is 1. The van der Waals surface area contributed by atoms with Crippen molar-refractivity contribution < 1.29 is 9.50 Å². The molecule has 13 heavy (non-hydrogen) atoms. The highest BCUT2D eigenvalue weighted by molar-refractivity contribution is 5.48. The standard InChI is InChI=1S/C11H13FO/c1-3-9-4-10(8(2)7-13)6-11(12)5-9/h3-6,8,13H,1,7H2,2H3. The second-order valence-electron chi connectivity index (χ2n) is 3.11. The molecule has 0 bridgehead atoms. The molecule has 1 nitrogen and oxygen atoms in total. The third kappa shape index (κ3) is 2.39. The molecule has 0 heterocycles. The Bertz CT molecular complexity index is 307. The average molecular weight is 180 g/mol. The molecule has 1 atom stereocenters. The lowest BCUT2D eigenvalue weighted by molar-refractivity contribution is 0.273. The molecule has 1 N–H and O–H groups in total. The Kier molecular flexibility index (Phi) is 3.20. The zero-order chi connectivity index (χ0) is 9.84. The van der Waals surface area contributed by atoms with Gasteiger partial charge in [-0.3, -0.25) is 0 Å². The quantitative estimate of drug-likeness (QED) is 0.758. The van der Waals surface area contributed by atoms with Gasteiger partial charge in [0, 0.05) is 12.5 Å². The lowest BCUT2D eigenvalue weighted by Crippen LogP contribution is -1.99. The van der Waals surface area contributed by atoms with E-state index in [0.717, 1.165) is 11.1 Å². The predicted molar refractivity (Wildman–Crippen MR) is 52.0 cm³/mol. The van der Waals surface area contributed by atoms with Gasteiger partial charge in [0.15, 0.2) is 0 Å². The summed E-state index contributed by atoms with van der Waals surface area (Å²) in [6, 6.07) is 4.69. The van der Waals surface area contributed by atoms with Gasteiger partial charge in [-0.1, -0.05) is 25.6 Å². The first-order chi connectivity index (χ1) is 6.17. The zero-order valence-corrected chi connectivity index (χ0v) is 7.63. The van der Waals surface area contributed by atoms with E-state index in [-0.39, 0.29) is 18.3 Å². The van der Waals surface area contributed by atoms with E-state index in [1.807, 2.05) is 13.0 Å². The predicted octanol–water partition coefficient (Wildman–Crippen LogP) is 2.56. The van der Waals surface area contributed by atoms with Crippen LogP contribution in [-0.2, 0) is 0 Å². The lowest BCUT2D eigenvalue weighted by atomic mass is 10.00. The third-order valence-corrected chi connectivity index (χ3v) is 2.02. The topological polar surface area (TPSA) is 20.2 Å². The highest BCUT2D eigenvalue weighted by atomic mass is 19.1. The Morgan fingerprint density at radius 1 is 1.54 bits per heavy atom. The van der Waals surface area contributed by atoms with Crippen molar-refractivity contribution in [3.05, 3.63) is 41.7 Å². The molecule has 0 aliphatic carbocycles. The van der Waals surface area contributed by atoms with Crippen molar-refractivity contribution in [2.45, 2.75) is 12.8 Å². The molecule has 0 amide bonds. The first kappa shape index (κ1) is 9.93. The van der Waals surface area contributed by atoms with Gasteiger partial charge in [-0.05, 0) is 23.3 Å². The fourth-order valence-electron chi connectivity index (χ4n) is 1.14. The van der Waals surface area contributed by atoms with Crippen LogP contribution in [0.2, 0.25) is 0 Å². The van der Waals surface area contributed by atoms with E-state index in [9.17, 15) is 4.39 Å². The van der Waals surface area contributed by atoms with E-state index in [0.29, 0.717) is 0 Å². The Morgan fingerprint density at radius 3 is 2.77 bits per heavy atom. The van der Waals surface area contributed by atoms with Gasteiger partial charge in [0.05, 0.1) is 0 Å². The van der Waals surface area contributed by atoms with Crippen molar-refractivity contribution >= 4 is 6.08 Å². The summed E-state index contributed by atoms with van der Waals surface area (Å²) in [6.45, 7) is 5.45. The van der Waals surface area contributed by atoms with Gasteiger partial charge in [-0.2, -0.15) is 0 Å². The van der Waals surface area contributed by atoms with Crippen molar-refractivity contribution in [1.29, 1.82) is 0 Å². The number of benzene rings is 1. The normalized spacial score (nSPS) is 12.5. The van der Waals surface area contributed by atoms with Gasteiger partial charge < -0.3 is 5.11 Å². The van der Waals surface area contributed by atoms with Crippen LogP contribution in [0.5, 0.6) is 0 Å². The molecule has 70 valence electrons. The van der Waals surface area contributed by atoms with E-state index >= 15 is 0 Å². The van der Waals surface area contributed by atoms with Gasteiger partial charge in [-0.25, -0.2) is 4.39 Å². The van der Waals surface area contributed by atoms with Gasteiger partial charge in [0.2, 0.25) is 0 Å². The molecule has 0 saturated heterocycles. The van der Waals surface area contributed by atoms with Crippen LogP contribution in [0.25, 0.3) is 6.08 Å². The van der Waals surface area contributed by atoms with Crippen LogP contribution in [0.3, 0.4) is 0 Å². The van der Waals surface area contributed by atoms with E-state index < -0.39 is 0 Å². The minimum absolute atomic E-state index is 0.0278. The summed E-state index contributed by atoms with van der Waals surface area (Å²) in [7, 11) is 0. The summed E-state index contributed by atoms with van der Waals surface area (Å²) >= 11 is 0. The minimum atomic E-state index is -0.285. The Hall–Kier alpha value is -1.15. The van der Waals surface area contributed by atoms with Gasteiger partial charge in [-0.15, -0.1) is 0 Å². The molecule has 2 heteroatoms. The molecule has 1 unspecified atom stereocenters. The molecule has 0 fully saturated rings. The molecule has 0 radical (unpaired) electrons. The Balaban J connectivity index is 3.07. The first-order valence-corrected chi connectivity index (χ1v) is 4.21. The molecule has 1 rings (SSSR count). The molecule has 0 aromatic heterocycles. The smallest absolute Gasteiger partial charge is 0.124 e. The summed E-state index contributed by atoms with van der Waals surface area (Å²) in [5.74, 6) is -0.318. The number of aliphatic hydroxyl groups is 1. The van der Waals surface area contributed by atoms with E-state index in [1.165, 1.54) is 12.1 Å². The highest BCUT2D eigenvalue weighted by Crippen LogP contribution is 2.18.